The summed E-state index contributed by atoms with van der Waals surface area (Å²) in [7, 11) is 3.29. The first-order valence-corrected chi connectivity index (χ1v) is 12.1. The fourth-order valence-corrected chi connectivity index (χ4v) is 5.07. The van der Waals surface area contributed by atoms with Gasteiger partial charge in [-0.05, 0) is 36.2 Å². The Morgan fingerprint density at radius 2 is 1.43 bits per heavy atom. The Kier molecular flexibility index (Phi) is 9.85. The molecular weight excluding hydrogens is 511 g/mol. The van der Waals surface area contributed by atoms with Crippen molar-refractivity contribution in [1.82, 2.24) is 4.90 Å². The van der Waals surface area contributed by atoms with Gasteiger partial charge in [0.2, 0.25) is 0 Å². The van der Waals surface area contributed by atoms with Gasteiger partial charge < -0.3 is 19.1 Å². The van der Waals surface area contributed by atoms with Crippen LogP contribution in [0.15, 0.2) is 84.9 Å². The second-order valence-corrected chi connectivity index (χ2v) is 9.16. The van der Waals surface area contributed by atoms with Gasteiger partial charge in [-0.1, -0.05) is 60.7 Å². The maximum Gasteiger partial charge on any atom is 0.321 e. The predicted octanol–water partition coefficient (Wildman–Crippen LogP) is 5.26. The zero-order valence-corrected chi connectivity index (χ0v) is 22.8. The molecule has 0 bridgehead atoms. The van der Waals surface area contributed by atoms with Crippen LogP contribution in [0, 0.1) is 0 Å². The first-order chi connectivity index (χ1) is 17.2. The molecule has 37 heavy (non-hydrogen) atoms. The number of hydrogen-bond acceptors (Lipinski definition) is 6. The van der Waals surface area contributed by atoms with Crippen molar-refractivity contribution < 1.29 is 19.0 Å². The van der Waals surface area contributed by atoms with E-state index in [0.717, 1.165) is 43.1 Å². The average molecular weight is 546 g/mol. The van der Waals surface area contributed by atoms with Gasteiger partial charge in [0.15, 0.2) is 6.23 Å². The number of halogens is 2. The van der Waals surface area contributed by atoms with Gasteiger partial charge in [-0.3, -0.25) is 9.69 Å². The largest absolute Gasteiger partial charge is 0.497 e. The molecule has 6 nitrogen and oxygen atoms in total. The second kappa shape index (κ2) is 12.7. The van der Waals surface area contributed by atoms with Gasteiger partial charge in [-0.2, -0.15) is 0 Å². The van der Waals surface area contributed by atoms with Crippen LogP contribution >= 0.6 is 24.8 Å². The lowest BCUT2D eigenvalue weighted by molar-refractivity contribution is -0.165. The number of ether oxygens (including phenoxy) is 3. The number of rotatable bonds is 8. The Hall–Kier alpha value is -2.77. The van der Waals surface area contributed by atoms with E-state index >= 15 is 0 Å². The van der Waals surface area contributed by atoms with E-state index in [1.807, 2.05) is 60.7 Å². The van der Waals surface area contributed by atoms with Gasteiger partial charge in [0.1, 0.15) is 11.2 Å². The van der Waals surface area contributed by atoms with Gasteiger partial charge in [-0.15, -0.1) is 24.8 Å². The summed E-state index contributed by atoms with van der Waals surface area (Å²) in [6.07, 6.45) is -0.0394. The molecule has 0 aromatic heterocycles. The number of carbonyl (C=O) groups is 1. The van der Waals surface area contributed by atoms with Crippen LogP contribution in [0.25, 0.3) is 0 Å². The molecule has 0 spiro atoms. The van der Waals surface area contributed by atoms with Crippen LogP contribution in [0.3, 0.4) is 0 Å². The molecule has 198 valence electrons. The van der Waals surface area contributed by atoms with Crippen molar-refractivity contribution in [3.63, 3.8) is 0 Å². The molecule has 3 atom stereocenters. The molecule has 1 unspecified atom stereocenters. The number of nitrogens with zero attached hydrogens (tertiary/aromatic N) is 2. The highest BCUT2D eigenvalue weighted by molar-refractivity contribution is 5.88. The highest BCUT2D eigenvalue weighted by Crippen LogP contribution is 2.52. The molecule has 1 saturated carbocycles. The molecule has 1 heterocycles. The molecule has 2 fully saturated rings. The minimum atomic E-state index is -0.792. The highest BCUT2D eigenvalue weighted by atomic mass is 35.5. The van der Waals surface area contributed by atoms with Gasteiger partial charge in [0.25, 0.3) is 0 Å². The van der Waals surface area contributed by atoms with Crippen molar-refractivity contribution >= 4 is 36.5 Å². The number of methoxy groups -OCH3 is 2. The standard InChI is InChI=1S/C29H32N2O4.2ClH/c1-33-25-15-13-23(14-16-25)29(21-26(29)34-2)28(32)35-27(22-9-5-3-6-10-22)31-19-17-30(18-20-31)24-11-7-4-8-12-24;;/h3-16,26-27H,17-21H2,1-2H3;2*1H/t26-,27?,29-;;/m1../s1. The normalized spacial score (nSPS) is 21.7. The van der Waals surface area contributed by atoms with E-state index in [4.69, 9.17) is 14.2 Å². The van der Waals surface area contributed by atoms with Crippen molar-refractivity contribution in [1.29, 1.82) is 0 Å². The Morgan fingerprint density at radius 1 is 0.838 bits per heavy atom. The number of anilines is 1. The van der Waals surface area contributed by atoms with E-state index in [1.54, 1.807) is 14.2 Å². The number of piperazine rings is 1. The lowest BCUT2D eigenvalue weighted by Gasteiger charge is -2.40. The van der Waals surface area contributed by atoms with E-state index in [9.17, 15) is 4.79 Å². The molecule has 5 rings (SSSR count). The first-order valence-electron chi connectivity index (χ1n) is 12.1. The summed E-state index contributed by atoms with van der Waals surface area (Å²) < 4.78 is 17.3. The van der Waals surface area contributed by atoms with Crippen molar-refractivity contribution in [2.24, 2.45) is 0 Å². The Bertz CT molecular complexity index is 1130. The van der Waals surface area contributed by atoms with Crippen LogP contribution in [-0.2, 0) is 19.7 Å². The summed E-state index contributed by atoms with van der Waals surface area (Å²) in [6.45, 7) is 3.33. The fourth-order valence-electron chi connectivity index (χ4n) is 5.07. The summed E-state index contributed by atoms with van der Waals surface area (Å²) in [5, 5.41) is 0. The number of esters is 1. The van der Waals surface area contributed by atoms with Crippen LogP contribution in [0.4, 0.5) is 5.69 Å². The van der Waals surface area contributed by atoms with Crippen LogP contribution in [0.1, 0.15) is 23.8 Å². The van der Waals surface area contributed by atoms with Crippen molar-refractivity contribution in [3.05, 3.63) is 96.1 Å². The quantitative estimate of drug-likeness (QED) is 0.360. The van der Waals surface area contributed by atoms with E-state index in [1.165, 1.54) is 5.69 Å². The van der Waals surface area contributed by atoms with Crippen LogP contribution in [0.5, 0.6) is 5.75 Å². The minimum absolute atomic E-state index is 0. The third kappa shape index (κ3) is 5.88. The molecule has 1 aliphatic heterocycles. The van der Waals surface area contributed by atoms with E-state index in [2.05, 4.69) is 34.1 Å². The van der Waals surface area contributed by atoms with Crippen molar-refractivity contribution in [2.75, 3.05) is 45.3 Å². The van der Waals surface area contributed by atoms with Crippen molar-refractivity contribution in [3.8, 4) is 5.75 Å². The SMILES string of the molecule is COc1ccc([C@]2(C(=O)OC(c3ccccc3)N3CCN(c4ccccc4)CC3)C[C@H]2OC)cc1.Cl.Cl. The minimum Gasteiger partial charge on any atom is -0.497 e. The summed E-state index contributed by atoms with van der Waals surface area (Å²) in [6, 6.07) is 28.1. The molecule has 3 aromatic rings. The third-order valence-electron chi connectivity index (χ3n) is 7.22. The summed E-state index contributed by atoms with van der Waals surface area (Å²) in [4.78, 5) is 18.4. The topological polar surface area (TPSA) is 51.2 Å². The summed E-state index contributed by atoms with van der Waals surface area (Å²) >= 11 is 0. The molecule has 0 amide bonds. The first kappa shape index (κ1) is 28.8. The second-order valence-electron chi connectivity index (χ2n) is 9.16. The van der Waals surface area contributed by atoms with E-state index in [0.29, 0.717) is 6.42 Å². The maximum absolute atomic E-state index is 13.8. The Balaban J connectivity index is 0.00000190. The number of benzene rings is 3. The molecular formula is C29H34Cl2N2O4. The predicted molar refractivity (Wildman–Crippen MR) is 150 cm³/mol. The van der Waals surface area contributed by atoms with Gasteiger partial charge >= 0.3 is 5.97 Å². The lowest BCUT2D eigenvalue weighted by Crippen LogP contribution is -2.49. The highest BCUT2D eigenvalue weighted by Gasteiger charge is 2.64. The molecule has 3 aromatic carbocycles. The molecule has 1 saturated heterocycles. The Morgan fingerprint density at radius 3 is 1.97 bits per heavy atom. The Labute approximate surface area is 231 Å². The van der Waals surface area contributed by atoms with Crippen molar-refractivity contribution in [2.45, 2.75) is 24.2 Å². The van der Waals surface area contributed by atoms with Gasteiger partial charge in [0.05, 0.1) is 13.2 Å². The number of para-hydroxylation sites is 1. The molecule has 8 heteroatoms. The fraction of sp³-hybridized carbons (Fsp3) is 0.345. The number of carbonyl (C=O) groups excluding carboxylic acids is 1. The molecule has 0 radical (unpaired) electrons. The summed E-state index contributed by atoms with van der Waals surface area (Å²) in [5.41, 5.74) is 2.31. The third-order valence-corrected chi connectivity index (χ3v) is 7.22. The average Bonchev–Trinajstić information content (AvgIpc) is 3.69. The monoisotopic (exact) mass is 544 g/mol. The smallest absolute Gasteiger partial charge is 0.321 e. The zero-order valence-electron chi connectivity index (χ0n) is 21.1. The van der Waals surface area contributed by atoms with Crippen LogP contribution in [0.2, 0.25) is 0 Å². The maximum atomic E-state index is 13.8. The molecule has 0 N–H and O–H groups in total. The van der Waals surface area contributed by atoms with Gasteiger partial charge in [-0.25, -0.2) is 0 Å². The molecule has 2 aliphatic rings. The van der Waals surface area contributed by atoms with Gasteiger partial charge in [0, 0.05) is 44.5 Å². The van der Waals surface area contributed by atoms with E-state index < -0.39 is 11.6 Å². The lowest BCUT2D eigenvalue weighted by atomic mass is 9.95. The van der Waals surface area contributed by atoms with Crippen LogP contribution in [-0.4, -0.2) is 57.4 Å². The molecule has 1 aliphatic carbocycles. The van der Waals surface area contributed by atoms with E-state index in [-0.39, 0.29) is 36.9 Å². The summed E-state index contributed by atoms with van der Waals surface area (Å²) in [5.74, 6) is 0.513. The number of hydrogen-bond donors (Lipinski definition) is 0. The zero-order chi connectivity index (χ0) is 24.3. The van der Waals surface area contributed by atoms with Crippen LogP contribution < -0.4 is 9.64 Å².